The molecule has 6 rings (SSSR count). The number of nitrogens with one attached hydrogen (secondary N) is 1. The lowest BCUT2D eigenvalue weighted by Gasteiger charge is -2.18. The fourth-order valence-corrected chi connectivity index (χ4v) is 5.09. The van der Waals surface area contributed by atoms with E-state index in [0.29, 0.717) is 30.8 Å². The number of anilines is 1. The number of pyridine rings is 1. The van der Waals surface area contributed by atoms with Crippen molar-refractivity contribution in [2.75, 3.05) is 38.3 Å². The molecule has 0 saturated carbocycles. The van der Waals surface area contributed by atoms with E-state index in [4.69, 9.17) is 9.47 Å². The molecule has 1 amide bonds. The Morgan fingerprint density at radius 3 is 2.62 bits per heavy atom. The van der Waals surface area contributed by atoms with Gasteiger partial charge >= 0.3 is 0 Å². The van der Waals surface area contributed by atoms with Gasteiger partial charge in [0.15, 0.2) is 5.65 Å². The molecule has 4 aromatic rings. The van der Waals surface area contributed by atoms with Crippen molar-refractivity contribution in [1.82, 2.24) is 24.9 Å². The predicted octanol–water partition coefficient (Wildman–Crippen LogP) is 4.66. The number of benzene rings is 1. The number of alkyl halides is 2. The van der Waals surface area contributed by atoms with Gasteiger partial charge in [0, 0.05) is 49.4 Å². The Balaban J connectivity index is 1.47. The highest BCUT2D eigenvalue weighted by molar-refractivity contribution is 5.95. The number of carbonyl (C=O) groups excluding carboxylic acids is 1. The first-order valence-corrected chi connectivity index (χ1v) is 13.1. The summed E-state index contributed by atoms with van der Waals surface area (Å²) in [5.74, 6) is -0.632. The third kappa shape index (κ3) is 4.83. The lowest BCUT2D eigenvalue weighted by atomic mass is 10.0. The van der Waals surface area contributed by atoms with Crippen molar-refractivity contribution in [1.29, 1.82) is 0 Å². The van der Waals surface area contributed by atoms with Crippen LogP contribution < -0.4 is 15.0 Å². The molecule has 2 aliphatic rings. The van der Waals surface area contributed by atoms with Crippen LogP contribution in [-0.2, 0) is 4.74 Å². The average molecular weight is 553 g/mol. The van der Waals surface area contributed by atoms with Crippen LogP contribution in [0, 0.1) is 5.82 Å². The van der Waals surface area contributed by atoms with Crippen LogP contribution in [-0.4, -0.2) is 64.9 Å². The highest BCUT2D eigenvalue weighted by Gasteiger charge is 2.26. The van der Waals surface area contributed by atoms with Gasteiger partial charge in [-0.05, 0) is 43.2 Å². The number of amides is 1. The number of fused-ring (bicyclic) bond motifs is 1. The predicted molar refractivity (Wildman–Crippen MR) is 141 cm³/mol. The first kappa shape index (κ1) is 26.1. The number of nitrogens with zero attached hydrogens (tertiary/aromatic N) is 5. The van der Waals surface area contributed by atoms with Crippen molar-refractivity contribution in [3.63, 3.8) is 0 Å². The molecule has 208 valence electrons. The van der Waals surface area contributed by atoms with Crippen LogP contribution in [0.1, 0.15) is 41.6 Å². The quantitative estimate of drug-likeness (QED) is 0.356. The molecule has 1 N–H and O–H groups in total. The van der Waals surface area contributed by atoms with Crippen LogP contribution in [0.25, 0.3) is 28.0 Å². The van der Waals surface area contributed by atoms with Crippen molar-refractivity contribution in [3.05, 3.63) is 59.7 Å². The van der Waals surface area contributed by atoms with Gasteiger partial charge in [-0.3, -0.25) is 4.79 Å². The lowest BCUT2D eigenvalue weighted by molar-refractivity contribution is 0.0962. The molecule has 1 atom stereocenters. The van der Waals surface area contributed by atoms with Gasteiger partial charge in [-0.1, -0.05) is 0 Å². The summed E-state index contributed by atoms with van der Waals surface area (Å²) in [6.45, 7) is 2.89. The summed E-state index contributed by atoms with van der Waals surface area (Å²) in [5, 5.41) is 7.03. The molecule has 0 spiro atoms. The van der Waals surface area contributed by atoms with Gasteiger partial charge in [0.1, 0.15) is 17.7 Å². The molecular weight excluding hydrogens is 525 g/mol. The number of hydrogen-bond acceptors (Lipinski definition) is 7. The van der Waals surface area contributed by atoms with E-state index in [1.165, 1.54) is 23.8 Å². The fourth-order valence-electron chi connectivity index (χ4n) is 5.09. The van der Waals surface area contributed by atoms with E-state index < -0.39 is 23.7 Å². The van der Waals surface area contributed by atoms with Crippen molar-refractivity contribution < 1.29 is 27.4 Å². The van der Waals surface area contributed by atoms with Crippen molar-refractivity contribution >= 4 is 17.4 Å². The maximum absolute atomic E-state index is 15.4. The zero-order valence-electron chi connectivity index (χ0n) is 21.7. The smallest absolute Gasteiger partial charge is 0.266 e. The number of imidazole rings is 1. The summed E-state index contributed by atoms with van der Waals surface area (Å²) in [5.41, 5.74) is 0.606. The van der Waals surface area contributed by atoms with Gasteiger partial charge in [0.05, 0.1) is 36.2 Å². The summed E-state index contributed by atoms with van der Waals surface area (Å²) in [6.07, 6.45) is 2.67. The number of ether oxygens (including phenoxy) is 2. The van der Waals surface area contributed by atoms with E-state index in [2.05, 4.69) is 25.3 Å². The molecule has 0 radical (unpaired) electrons. The molecule has 5 heterocycles. The highest BCUT2D eigenvalue weighted by Crippen LogP contribution is 2.36. The Labute approximate surface area is 227 Å². The Hall–Kier alpha value is -4.19. The normalized spacial score (nSPS) is 17.2. The summed E-state index contributed by atoms with van der Waals surface area (Å²) in [6, 6.07) is 7.70. The molecule has 1 unspecified atom stereocenters. The molecule has 1 aromatic carbocycles. The minimum atomic E-state index is -3.13. The maximum Gasteiger partial charge on any atom is 0.266 e. The molecule has 3 aromatic heterocycles. The van der Waals surface area contributed by atoms with Gasteiger partial charge in [0.25, 0.3) is 12.3 Å². The second kappa shape index (κ2) is 10.8. The van der Waals surface area contributed by atoms with E-state index in [-0.39, 0.29) is 28.8 Å². The summed E-state index contributed by atoms with van der Waals surface area (Å²) in [7, 11) is 1.37. The maximum atomic E-state index is 15.4. The molecule has 0 aliphatic carbocycles. The van der Waals surface area contributed by atoms with Crippen molar-refractivity contribution in [2.24, 2.45) is 0 Å². The van der Waals surface area contributed by atoms with E-state index in [1.807, 2.05) is 12.1 Å². The molecule has 9 nitrogen and oxygen atoms in total. The number of halogens is 3. The topological polar surface area (TPSA) is 93.9 Å². The summed E-state index contributed by atoms with van der Waals surface area (Å²) in [4.78, 5) is 23.5. The Bertz CT molecular complexity index is 1550. The fraction of sp³-hybridized carbons (Fsp3) is 0.357. The molecule has 40 heavy (non-hydrogen) atoms. The standard InChI is InChI=1S/C28H27F3N6O3/c1-32-27(38)17-10-20(25(29)21(11-17)26(30)31)22-14-34-24-12-19(28(35-37(22)24)40-18-6-9-39-15-18)16-4-5-23(33-13-16)36-7-2-3-8-36/h4-5,10-14,18,26H,2-3,6-9,15H2,1H3,(H,32,38). The van der Waals surface area contributed by atoms with Gasteiger partial charge in [-0.25, -0.2) is 27.7 Å². The van der Waals surface area contributed by atoms with E-state index >= 15 is 4.39 Å². The van der Waals surface area contributed by atoms with Gasteiger partial charge in [0.2, 0.25) is 5.88 Å². The molecule has 0 bridgehead atoms. The molecule has 12 heteroatoms. The van der Waals surface area contributed by atoms with Crippen molar-refractivity contribution in [2.45, 2.75) is 31.8 Å². The van der Waals surface area contributed by atoms with Crippen LogP contribution in [0.15, 0.2) is 42.7 Å². The SMILES string of the molecule is CNC(=O)c1cc(-c2cnc3cc(-c4ccc(N5CCCC5)nc4)c(OC4CCOC4)nn23)c(F)c(C(F)F)c1. The number of carbonyl (C=O) groups is 1. The van der Waals surface area contributed by atoms with Crippen molar-refractivity contribution in [3.8, 4) is 28.3 Å². The monoisotopic (exact) mass is 552 g/mol. The number of rotatable bonds is 7. The van der Waals surface area contributed by atoms with Crippen LogP contribution in [0.4, 0.5) is 19.0 Å². The van der Waals surface area contributed by atoms with Gasteiger partial charge in [-0.2, -0.15) is 0 Å². The van der Waals surface area contributed by atoms with Crippen LogP contribution >= 0.6 is 0 Å². The Morgan fingerprint density at radius 2 is 1.95 bits per heavy atom. The first-order chi connectivity index (χ1) is 19.4. The average Bonchev–Trinajstić information content (AvgIpc) is 3.75. The largest absolute Gasteiger partial charge is 0.470 e. The van der Waals surface area contributed by atoms with Crippen LogP contribution in [0.2, 0.25) is 0 Å². The first-order valence-electron chi connectivity index (χ1n) is 13.1. The zero-order chi connectivity index (χ0) is 27.8. The molecule has 2 fully saturated rings. The second-order valence-corrected chi connectivity index (χ2v) is 9.79. The Morgan fingerprint density at radius 1 is 1.12 bits per heavy atom. The minimum absolute atomic E-state index is 0.0988. The molecule has 2 saturated heterocycles. The molecular formula is C28H27F3N6O3. The zero-order valence-corrected chi connectivity index (χ0v) is 21.7. The summed E-state index contributed by atoms with van der Waals surface area (Å²) < 4.78 is 55.8. The van der Waals surface area contributed by atoms with E-state index in [9.17, 15) is 13.6 Å². The third-order valence-corrected chi connectivity index (χ3v) is 7.22. The van der Waals surface area contributed by atoms with E-state index in [1.54, 1.807) is 12.3 Å². The van der Waals surface area contributed by atoms with Gasteiger partial charge < -0.3 is 19.7 Å². The van der Waals surface area contributed by atoms with E-state index in [0.717, 1.165) is 43.4 Å². The number of aromatic nitrogens is 4. The second-order valence-electron chi connectivity index (χ2n) is 9.79. The minimum Gasteiger partial charge on any atom is -0.470 e. The molecule has 2 aliphatic heterocycles. The lowest BCUT2D eigenvalue weighted by Crippen LogP contribution is -2.19. The van der Waals surface area contributed by atoms with Crippen LogP contribution in [0.5, 0.6) is 5.88 Å². The van der Waals surface area contributed by atoms with Crippen LogP contribution in [0.3, 0.4) is 0 Å². The van der Waals surface area contributed by atoms with Gasteiger partial charge in [-0.15, -0.1) is 5.10 Å². The third-order valence-electron chi connectivity index (χ3n) is 7.22. The highest BCUT2D eigenvalue weighted by atomic mass is 19.3. The Kier molecular flexibility index (Phi) is 7.01. The number of hydrogen-bond donors (Lipinski definition) is 1. The summed E-state index contributed by atoms with van der Waals surface area (Å²) >= 11 is 0.